The molecule has 2 amide bonds. The first-order valence-corrected chi connectivity index (χ1v) is 10.4. The molecule has 7 heteroatoms. The Morgan fingerprint density at radius 2 is 1.70 bits per heavy atom. The van der Waals surface area contributed by atoms with Crippen molar-refractivity contribution in [3.8, 4) is 11.5 Å². The maximum absolute atomic E-state index is 12.4. The number of hydrogen-bond acceptors (Lipinski definition) is 5. The van der Waals surface area contributed by atoms with E-state index in [1.807, 2.05) is 52.8 Å². The number of nitrogens with one attached hydrogen (secondary N) is 1. The van der Waals surface area contributed by atoms with Crippen LogP contribution in [-0.2, 0) is 16.0 Å². The van der Waals surface area contributed by atoms with Crippen LogP contribution in [0, 0.1) is 11.8 Å². The predicted octanol–water partition coefficient (Wildman–Crippen LogP) is 3.89. The van der Waals surface area contributed by atoms with Gasteiger partial charge >= 0.3 is 6.09 Å². The average molecular weight is 423 g/mol. The van der Waals surface area contributed by atoms with Gasteiger partial charge in [-0.3, -0.25) is 9.69 Å². The lowest BCUT2D eigenvalue weighted by molar-refractivity contribution is -0.122. The summed E-state index contributed by atoms with van der Waals surface area (Å²) in [5.74, 6) is 1.63. The molecule has 0 saturated carbocycles. The van der Waals surface area contributed by atoms with E-state index in [1.165, 1.54) is 4.90 Å². The van der Waals surface area contributed by atoms with Gasteiger partial charge in [-0.2, -0.15) is 0 Å². The standard InChI is InChI=1S/C23H38N2O5/c1-16(2)14-25(22(27)30-23(4,5)6)15-21(26)24-13-17(3)11-18-9-10-19(28-7)20(12-18)29-8/h9-10,12,16-17H,11,13-15H2,1-8H3,(H,24,26). The third-order valence-electron chi connectivity index (χ3n) is 4.25. The fraction of sp³-hybridized carbons (Fsp3) is 0.652. The van der Waals surface area contributed by atoms with Gasteiger partial charge in [0.05, 0.1) is 14.2 Å². The summed E-state index contributed by atoms with van der Waals surface area (Å²) in [6.07, 6.45) is 0.312. The molecule has 170 valence electrons. The number of amides is 2. The van der Waals surface area contributed by atoms with Crippen molar-refractivity contribution >= 4 is 12.0 Å². The van der Waals surface area contributed by atoms with Crippen molar-refractivity contribution in [1.82, 2.24) is 10.2 Å². The number of benzene rings is 1. The van der Waals surface area contributed by atoms with E-state index in [0.29, 0.717) is 24.6 Å². The molecule has 1 rings (SSSR count). The Morgan fingerprint density at radius 3 is 2.23 bits per heavy atom. The number of hydrogen-bond donors (Lipinski definition) is 1. The second-order valence-electron chi connectivity index (χ2n) is 9.06. The molecule has 0 aliphatic carbocycles. The number of rotatable bonds is 10. The number of carbonyl (C=O) groups is 2. The Labute approximate surface area is 181 Å². The Kier molecular flexibility index (Phi) is 9.96. The summed E-state index contributed by atoms with van der Waals surface area (Å²) in [4.78, 5) is 26.3. The summed E-state index contributed by atoms with van der Waals surface area (Å²) in [6.45, 7) is 12.5. The molecule has 0 fully saturated rings. The van der Waals surface area contributed by atoms with Crippen LogP contribution < -0.4 is 14.8 Å². The lowest BCUT2D eigenvalue weighted by atomic mass is 10.0. The Balaban J connectivity index is 2.61. The smallest absolute Gasteiger partial charge is 0.410 e. The zero-order valence-corrected chi connectivity index (χ0v) is 19.7. The molecular weight excluding hydrogens is 384 g/mol. The Hall–Kier alpha value is -2.44. The Morgan fingerprint density at radius 1 is 1.07 bits per heavy atom. The molecule has 0 saturated heterocycles. The van der Waals surface area contributed by atoms with Crippen molar-refractivity contribution in [2.75, 3.05) is 33.9 Å². The van der Waals surface area contributed by atoms with Crippen molar-refractivity contribution in [2.24, 2.45) is 11.8 Å². The fourth-order valence-corrected chi connectivity index (χ4v) is 2.97. The molecule has 0 heterocycles. The van der Waals surface area contributed by atoms with Crippen LogP contribution in [-0.4, -0.2) is 56.4 Å². The van der Waals surface area contributed by atoms with Crippen LogP contribution in [0.3, 0.4) is 0 Å². The van der Waals surface area contributed by atoms with E-state index in [-0.39, 0.29) is 24.3 Å². The summed E-state index contributed by atoms with van der Waals surface area (Å²) >= 11 is 0. The van der Waals surface area contributed by atoms with Crippen molar-refractivity contribution in [3.63, 3.8) is 0 Å². The third kappa shape index (κ3) is 9.37. The number of ether oxygens (including phenoxy) is 3. The van der Waals surface area contributed by atoms with Gasteiger partial charge in [0.25, 0.3) is 0 Å². The largest absolute Gasteiger partial charge is 0.493 e. The van der Waals surface area contributed by atoms with Gasteiger partial charge in [-0.25, -0.2) is 4.79 Å². The zero-order valence-electron chi connectivity index (χ0n) is 19.7. The van der Waals surface area contributed by atoms with Gasteiger partial charge in [-0.15, -0.1) is 0 Å². The molecule has 1 aromatic rings. The second-order valence-corrected chi connectivity index (χ2v) is 9.06. The van der Waals surface area contributed by atoms with E-state index in [9.17, 15) is 9.59 Å². The minimum Gasteiger partial charge on any atom is -0.493 e. The maximum Gasteiger partial charge on any atom is 0.410 e. The Bertz CT molecular complexity index is 697. The highest BCUT2D eigenvalue weighted by atomic mass is 16.6. The number of nitrogens with zero attached hydrogens (tertiary/aromatic N) is 1. The normalized spacial score (nSPS) is 12.3. The maximum atomic E-state index is 12.4. The van der Waals surface area contributed by atoms with Gasteiger partial charge in [0.15, 0.2) is 11.5 Å². The van der Waals surface area contributed by atoms with E-state index >= 15 is 0 Å². The van der Waals surface area contributed by atoms with Gasteiger partial charge < -0.3 is 19.5 Å². The zero-order chi connectivity index (χ0) is 22.9. The van der Waals surface area contributed by atoms with Gasteiger partial charge in [0.2, 0.25) is 5.91 Å². The molecular formula is C23H38N2O5. The van der Waals surface area contributed by atoms with Crippen LogP contribution in [0.2, 0.25) is 0 Å². The van der Waals surface area contributed by atoms with Crippen molar-refractivity contribution in [1.29, 1.82) is 0 Å². The number of methoxy groups -OCH3 is 2. The highest BCUT2D eigenvalue weighted by Gasteiger charge is 2.24. The second kappa shape index (κ2) is 11.7. The highest BCUT2D eigenvalue weighted by Crippen LogP contribution is 2.28. The van der Waals surface area contributed by atoms with Gasteiger partial charge in [0.1, 0.15) is 12.1 Å². The molecule has 0 radical (unpaired) electrons. The monoisotopic (exact) mass is 422 g/mol. The lowest BCUT2D eigenvalue weighted by Crippen LogP contribution is -2.45. The summed E-state index contributed by atoms with van der Waals surface area (Å²) in [5.41, 5.74) is 0.501. The van der Waals surface area contributed by atoms with E-state index in [1.54, 1.807) is 14.2 Å². The molecule has 0 aliphatic heterocycles. The first-order valence-electron chi connectivity index (χ1n) is 10.4. The average Bonchev–Trinajstić information content (AvgIpc) is 2.64. The molecule has 0 aliphatic rings. The van der Waals surface area contributed by atoms with Crippen LogP contribution in [0.4, 0.5) is 4.79 Å². The van der Waals surface area contributed by atoms with Crippen LogP contribution in [0.1, 0.15) is 47.1 Å². The van der Waals surface area contributed by atoms with E-state index in [4.69, 9.17) is 14.2 Å². The molecule has 0 aromatic heterocycles. The van der Waals surface area contributed by atoms with Crippen LogP contribution in [0.5, 0.6) is 11.5 Å². The fourth-order valence-electron chi connectivity index (χ4n) is 2.97. The topological polar surface area (TPSA) is 77.1 Å². The summed E-state index contributed by atoms with van der Waals surface area (Å²) in [6, 6.07) is 5.82. The van der Waals surface area contributed by atoms with Crippen molar-refractivity contribution in [2.45, 2.75) is 53.6 Å². The first-order chi connectivity index (χ1) is 13.9. The summed E-state index contributed by atoms with van der Waals surface area (Å²) in [7, 11) is 3.22. The lowest BCUT2D eigenvalue weighted by Gasteiger charge is -2.28. The van der Waals surface area contributed by atoms with Crippen LogP contribution in [0.25, 0.3) is 0 Å². The highest BCUT2D eigenvalue weighted by molar-refractivity contribution is 5.82. The molecule has 0 bridgehead atoms. The van der Waals surface area contributed by atoms with E-state index in [2.05, 4.69) is 12.2 Å². The molecule has 1 aromatic carbocycles. The molecule has 30 heavy (non-hydrogen) atoms. The summed E-state index contributed by atoms with van der Waals surface area (Å²) in [5, 5.41) is 2.93. The molecule has 1 unspecified atom stereocenters. The quantitative estimate of drug-likeness (QED) is 0.619. The van der Waals surface area contributed by atoms with Gasteiger partial charge in [0, 0.05) is 13.1 Å². The van der Waals surface area contributed by atoms with E-state index < -0.39 is 11.7 Å². The minimum atomic E-state index is -0.600. The molecule has 1 N–H and O–H groups in total. The SMILES string of the molecule is COc1ccc(CC(C)CNC(=O)CN(CC(C)C)C(=O)OC(C)(C)C)cc1OC. The predicted molar refractivity (Wildman–Crippen MR) is 118 cm³/mol. The number of carbonyl (C=O) groups excluding carboxylic acids is 2. The first kappa shape index (κ1) is 25.6. The van der Waals surface area contributed by atoms with Crippen molar-refractivity contribution in [3.05, 3.63) is 23.8 Å². The van der Waals surface area contributed by atoms with Crippen molar-refractivity contribution < 1.29 is 23.8 Å². The third-order valence-corrected chi connectivity index (χ3v) is 4.25. The van der Waals surface area contributed by atoms with Crippen LogP contribution >= 0.6 is 0 Å². The molecule has 1 atom stereocenters. The van der Waals surface area contributed by atoms with Gasteiger partial charge in [-0.05, 0) is 56.7 Å². The molecule has 0 spiro atoms. The van der Waals surface area contributed by atoms with E-state index in [0.717, 1.165) is 12.0 Å². The van der Waals surface area contributed by atoms with Gasteiger partial charge in [-0.1, -0.05) is 26.8 Å². The summed E-state index contributed by atoms with van der Waals surface area (Å²) < 4.78 is 16.0. The van der Waals surface area contributed by atoms with Crippen LogP contribution in [0.15, 0.2) is 18.2 Å². The minimum absolute atomic E-state index is 0.0177. The molecule has 7 nitrogen and oxygen atoms in total.